The molecule has 0 aliphatic rings. The fourth-order valence-corrected chi connectivity index (χ4v) is 1.53. The molecule has 6 nitrogen and oxygen atoms in total. The molecule has 2 rings (SSSR count). The summed E-state index contributed by atoms with van der Waals surface area (Å²) in [5, 5.41) is 3.19. The molecule has 2 aromatic heterocycles. The highest BCUT2D eigenvalue weighted by Gasteiger charge is 2.12. The summed E-state index contributed by atoms with van der Waals surface area (Å²) >= 11 is 0. The Bertz CT molecular complexity index is 561. The molecule has 6 heteroatoms. The molecule has 2 heterocycles. The van der Waals surface area contributed by atoms with Crippen LogP contribution in [0.4, 0.5) is 0 Å². The fraction of sp³-hybridized carbons (Fsp3) is 0.182. The zero-order valence-electron chi connectivity index (χ0n) is 9.06. The Hall–Kier alpha value is -2.21. The van der Waals surface area contributed by atoms with Gasteiger partial charge in [-0.3, -0.25) is 9.59 Å². The number of hydrogen-bond acceptors (Lipinski definition) is 4. The third-order valence-corrected chi connectivity index (χ3v) is 2.38. The molecule has 0 aliphatic carbocycles. The van der Waals surface area contributed by atoms with E-state index < -0.39 is 0 Å². The lowest BCUT2D eigenvalue weighted by molar-refractivity contribution is -0.119. The SMILES string of the molecule is NCC(=O)NCC(=O)c1c[nH]c2ncccc12. The fourth-order valence-electron chi connectivity index (χ4n) is 1.53. The second kappa shape index (κ2) is 4.75. The van der Waals surface area contributed by atoms with Crippen molar-refractivity contribution in [1.82, 2.24) is 15.3 Å². The summed E-state index contributed by atoms with van der Waals surface area (Å²) in [4.78, 5) is 29.8. The van der Waals surface area contributed by atoms with E-state index >= 15 is 0 Å². The van der Waals surface area contributed by atoms with E-state index in [1.54, 1.807) is 24.5 Å². The van der Waals surface area contributed by atoms with E-state index in [0.29, 0.717) is 11.2 Å². The molecule has 0 unspecified atom stereocenters. The molecule has 0 radical (unpaired) electrons. The molecule has 0 fully saturated rings. The van der Waals surface area contributed by atoms with Gasteiger partial charge >= 0.3 is 0 Å². The molecule has 0 atom stereocenters. The van der Waals surface area contributed by atoms with Crippen molar-refractivity contribution in [2.75, 3.05) is 13.1 Å². The molecule has 0 aromatic carbocycles. The van der Waals surface area contributed by atoms with Gasteiger partial charge in [-0.2, -0.15) is 0 Å². The normalized spacial score (nSPS) is 10.4. The van der Waals surface area contributed by atoms with Crippen molar-refractivity contribution in [1.29, 1.82) is 0 Å². The van der Waals surface area contributed by atoms with Crippen LogP contribution < -0.4 is 11.1 Å². The maximum Gasteiger partial charge on any atom is 0.234 e. The van der Waals surface area contributed by atoms with Gasteiger partial charge in [-0.1, -0.05) is 0 Å². The van der Waals surface area contributed by atoms with Crippen LogP contribution in [-0.2, 0) is 4.79 Å². The lowest BCUT2D eigenvalue weighted by atomic mass is 10.1. The summed E-state index contributed by atoms with van der Waals surface area (Å²) in [5.41, 5.74) is 6.30. The number of aromatic amines is 1. The van der Waals surface area contributed by atoms with Crippen LogP contribution in [0, 0.1) is 0 Å². The van der Waals surface area contributed by atoms with Gasteiger partial charge in [0.05, 0.1) is 13.1 Å². The number of aromatic nitrogens is 2. The molecule has 0 aliphatic heterocycles. The minimum absolute atomic E-state index is 0.0577. The summed E-state index contributed by atoms with van der Waals surface area (Å²) in [5.74, 6) is -0.526. The Morgan fingerprint density at radius 3 is 3.06 bits per heavy atom. The number of fused-ring (bicyclic) bond motifs is 1. The molecule has 4 N–H and O–H groups in total. The second-order valence-corrected chi connectivity index (χ2v) is 3.51. The van der Waals surface area contributed by atoms with Crippen LogP contribution in [0.3, 0.4) is 0 Å². The van der Waals surface area contributed by atoms with Crippen LogP contribution in [0.1, 0.15) is 10.4 Å². The second-order valence-electron chi connectivity index (χ2n) is 3.51. The van der Waals surface area contributed by atoms with Crippen molar-refractivity contribution in [3.8, 4) is 0 Å². The third-order valence-electron chi connectivity index (χ3n) is 2.38. The van der Waals surface area contributed by atoms with Gasteiger partial charge in [0.25, 0.3) is 0 Å². The summed E-state index contributed by atoms with van der Waals surface area (Å²) < 4.78 is 0. The number of ketones is 1. The zero-order valence-corrected chi connectivity index (χ0v) is 9.06. The number of hydrogen-bond donors (Lipinski definition) is 3. The predicted octanol–water partition coefficient (Wildman–Crippen LogP) is -0.179. The van der Waals surface area contributed by atoms with E-state index in [1.807, 2.05) is 0 Å². The minimum atomic E-state index is -0.351. The van der Waals surface area contributed by atoms with Crippen molar-refractivity contribution in [2.24, 2.45) is 5.73 Å². The highest BCUT2D eigenvalue weighted by atomic mass is 16.2. The predicted molar refractivity (Wildman–Crippen MR) is 62.5 cm³/mol. The monoisotopic (exact) mass is 232 g/mol. The first-order valence-electron chi connectivity index (χ1n) is 5.14. The van der Waals surface area contributed by atoms with Gasteiger partial charge in [0, 0.05) is 23.3 Å². The number of nitrogens with one attached hydrogen (secondary N) is 2. The maximum absolute atomic E-state index is 11.8. The minimum Gasteiger partial charge on any atom is -0.348 e. The first-order valence-corrected chi connectivity index (χ1v) is 5.14. The number of amides is 1. The molecule has 0 saturated carbocycles. The van der Waals surface area contributed by atoms with Crippen molar-refractivity contribution >= 4 is 22.7 Å². The highest BCUT2D eigenvalue weighted by molar-refractivity contribution is 6.08. The average Bonchev–Trinajstić information content (AvgIpc) is 2.79. The maximum atomic E-state index is 11.8. The molecule has 17 heavy (non-hydrogen) atoms. The van der Waals surface area contributed by atoms with Gasteiger partial charge in [-0.15, -0.1) is 0 Å². The van der Waals surface area contributed by atoms with Gasteiger partial charge < -0.3 is 16.0 Å². The molecule has 0 spiro atoms. The van der Waals surface area contributed by atoms with Crippen LogP contribution in [0.15, 0.2) is 24.5 Å². The summed E-state index contributed by atoms with van der Waals surface area (Å²) in [6, 6.07) is 3.56. The molecule has 1 amide bonds. The van der Waals surface area contributed by atoms with E-state index in [2.05, 4.69) is 15.3 Å². The Balaban J connectivity index is 2.17. The standard InChI is InChI=1S/C11H12N4O2/c12-4-10(17)14-6-9(16)8-5-15-11-7(8)2-1-3-13-11/h1-3,5H,4,6,12H2,(H,13,15)(H,14,17). The van der Waals surface area contributed by atoms with Gasteiger partial charge in [-0.25, -0.2) is 4.98 Å². The Labute approximate surface area is 97.2 Å². The van der Waals surface area contributed by atoms with Crippen LogP contribution in [0.5, 0.6) is 0 Å². The number of carbonyl (C=O) groups is 2. The Morgan fingerprint density at radius 1 is 1.47 bits per heavy atom. The first-order chi connectivity index (χ1) is 8.22. The van der Waals surface area contributed by atoms with Crippen molar-refractivity contribution in [2.45, 2.75) is 0 Å². The van der Waals surface area contributed by atoms with E-state index in [-0.39, 0.29) is 24.8 Å². The molecular weight excluding hydrogens is 220 g/mol. The van der Waals surface area contributed by atoms with E-state index in [9.17, 15) is 9.59 Å². The number of carbonyl (C=O) groups excluding carboxylic acids is 2. The van der Waals surface area contributed by atoms with Crippen molar-refractivity contribution < 1.29 is 9.59 Å². The Morgan fingerprint density at radius 2 is 2.29 bits per heavy atom. The van der Waals surface area contributed by atoms with Gasteiger partial charge in [0.15, 0.2) is 5.78 Å². The number of pyridine rings is 1. The molecule has 0 bridgehead atoms. The number of nitrogens with two attached hydrogens (primary N) is 1. The molecule has 0 saturated heterocycles. The largest absolute Gasteiger partial charge is 0.348 e. The lowest BCUT2D eigenvalue weighted by Crippen LogP contribution is -2.34. The Kier molecular flexibility index (Phi) is 3.15. The van der Waals surface area contributed by atoms with Crippen LogP contribution in [0.25, 0.3) is 11.0 Å². The van der Waals surface area contributed by atoms with Gasteiger partial charge in [0.1, 0.15) is 5.65 Å². The number of rotatable bonds is 4. The number of H-pyrrole nitrogens is 1. The van der Waals surface area contributed by atoms with E-state index in [4.69, 9.17) is 5.73 Å². The van der Waals surface area contributed by atoms with E-state index in [0.717, 1.165) is 5.39 Å². The first kappa shape index (κ1) is 11.3. The third kappa shape index (κ3) is 2.31. The highest BCUT2D eigenvalue weighted by Crippen LogP contribution is 2.15. The van der Waals surface area contributed by atoms with Crippen LogP contribution in [-0.4, -0.2) is 34.7 Å². The van der Waals surface area contributed by atoms with E-state index in [1.165, 1.54) is 0 Å². The van der Waals surface area contributed by atoms with Gasteiger partial charge in [0.2, 0.25) is 5.91 Å². The molecular formula is C11H12N4O2. The van der Waals surface area contributed by atoms with Crippen LogP contribution in [0.2, 0.25) is 0 Å². The summed E-state index contributed by atoms with van der Waals surface area (Å²) in [7, 11) is 0. The molecule has 88 valence electrons. The van der Waals surface area contributed by atoms with Gasteiger partial charge in [-0.05, 0) is 12.1 Å². The topological polar surface area (TPSA) is 101 Å². The van der Waals surface area contributed by atoms with Crippen molar-refractivity contribution in [3.63, 3.8) is 0 Å². The van der Waals surface area contributed by atoms with Crippen LogP contribution >= 0.6 is 0 Å². The number of nitrogens with zero attached hydrogens (tertiary/aromatic N) is 1. The summed E-state index contributed by atoms with van der Waals surface area (Å²) in [6.45, 7) is -0.180. The number of Topliss-reactive ketones (excluding diaryl/α,β-unsaturated/α-hetero) is 1. The lowest BCUT2D eigenvalue weighted by Gasteiger charge is -2.01. The quantitative estimate of drug-likeness (QED) is 0.636. The molecule has 2 aromatic rings. The van der Waals surface area contributed by atoms with Crippen molar-refractivity contribution in [3.05, 3.63) is 30.1 Å². The average molecular weight is 232 g/mol. The summed E-state index contributed by atoms with van der Waals surface area (Å²) in [6.07, 6.45) is 3.23. The zero-order chi connectivity index (χ0) is 12.3. The smallest absolute Gasteiger partial charge is 0.234 e.